The molecule has 1 heterocycles. The van der Waals surface area contributed by atoms with Crippen LogP contribution in [0.15, 0.2) is 60.8 Å². The third-order valence-electron chi connectivity index (χ3n) is 3.19. The maximum atomic E-state index is 11.9. The molecule has 1 aromatic heterocycles. The van der Waals surface area contributed by atoms with Gasteiger partial charge < -0.3 is 5.32 Å². The van der Waals surface area contributed by atoms with E-state index < -0.39 is 0 Å². The first-order valence-corrected chi connectivity index (χ1v) is 6.98. The van der Waals surface area contributed by atoms with Gasteiger partial charge in [-0.05, 0) is 37.3 Å². The quantitative estimate of drug-likeness (QED) is 0.750. The lowest BCUT2D eigenvalue weighted by atomic mass is 10.2. The van der Waals surface area contributed by atoms with Crippen molar-refractivity contribution in [1.29, 1.82) is 0 Å². The van der Waals surface area contributed by atoms with Crippen LogP contribution >= 0.6 is 0 Å². The lowest BCUT2D eigenvalue weighted by molar-refractivity contribution is -0.111. The van der Waals surface area contributed by atoms with Crippen LogP contribution in [0.3, 0.4) is 0 Å². The smallest absolute Gasteiger partial charge is 0.248 e. The maximum Gasteiger partial charge on any atom is 0.248 e. The van der Waals surface area contributed by atoms with Gasteiger partial charge in [0.05, 0.1) is 22.9 Å². The van der Waals surface area contributed by atoms with E-state index in [4.69, 9.17) is 0 Å². The fraction of sp³-hybridized carbons (Fsp3) is 0.0556. The Morgan fingerprint density at radius 2 is 1.77 bits per heavy atom. The maximum absolute atomic E-state index is 11.9. The predicted molar refractivity (Wildman–Crippen MR) is 88.4 cm³/mol. The van der Waals surface area contributed by atoms with Crippen LogP contribution in [-0.2, 0) is 4.79 Å². The first kappa shape index (κ1) is 13.9. The van der Waals surface area contributed by atoms with Crippen LogP contribution in [0.1, 0.15) is 11.3 Å². The van der Waals surface area contributed by atoms with E-state index in [-0.39, 0.29) is 5.91 Å². The molecule has 0 aliphatic rings. The van der Waals surface area contributed by atoms with Crippen LogP contribution in [0.2, 0.25) is 0 Å². The van der Waals surface area contributed by atoms with E-state index in [0.29, 0.717) is 5.69 Å². The number of fused-ring (bicyclic) bond motifs is 1. The zero-order chi connectivity index (χ0) is 15.4. The highest BCUT2D eigenvalue weighted by Crippen LogP contribution is 2.10. The monoisotopic (exact) mass is 289 g/mol. The van der Waals surface area contributed by atoms with Crippen molar-refractivity contribution in [2.45, 2.75) is 6.92 Å². The van der Waals surface area contributed by atoms with Crippen molar-refractivity contribution < 1.29 is 4.79 Å². The van der Waals surface area contributed by atoms with Crippen molar-refractivity contribution in [1.82, 2.24) is 9.97 Å². The second-order valence-corrected chi connectivity index (χ2v) is 4.97. The van der Waals surface area contributed by atoms with Crippen LogP contribution in [0.5, 0.6) is 0 Å². The van der Waals surface area contributed by atoms with E-state index in [0.717, 1.165) is 22.3 Å². The molecule has 0 bridgehead atoms. The van der Waals surface area contributed by atoms with Crippen molar-refractivity contribution in [3.63, 3.8) is 0 Å². The Hall–Kier alpha value is -3.01. The molecule has 3 rings (SSSR count). The van der Waals surface area contributed by atoms with E-state index in [1.54, 1.807) is 12.3 Å². The summed E-state index contributed by atoms with van der Waals surface area (Å²) in [5, 5.41) is 2.80. The summed E-state index contributed by atoms with van der Waals surface area (Å²) in [5.41, 5.74) is 4.22. The summed E-state index contributed by atoms with van der Waals surface area (Å²) < 4.78 is 0. The lowest BCUT2D eigenvalue weighted by Crippen LogP contribution is -2.07. The first-order valence-electron chi connectivity index (χ1n) is 6.98. The second-order valence-electron chi connectivity index (χ2n) is 4.97. The topological polar surface area (TPSA) is 54.9 Å². The van der Waals surface area contributed by atoms with Gasteiger partial charge in [-0.3, -0.25) is 9.78 Å². The minimum atomic E-state index is -0.196. The Balaban J connectivity index is 1.71. The zero-order valence-electron chi connectivity index (χ0n) is 12.2. The lowest BCUT2D eigenvalue weighted by Gasteiger charge is -2.02. The average molecular weight is 289 g/mol. The average Bonchev–Trinajstić information content (AvgIpc) is 2.55. The molecule has 0 aliphatic carbocycles. The Labute approximate surface area is 128 Å². The van der Waals surface area contributed by atoms with E-state index in [9.17, 15) is 4.79 Å². The molecule has 0 saturated heterocycles. The van der Waals surface area contributed by atoms with Gasteiger partial charge in [-0.25, -0.2) is 4.98 Å². The molecule has 108 valence electrons. The Kier molecular flexibility index (Phi) is 3.92. The molecule has 0 aliphatic heterocycles. The molecule has 1 amide bonds. The summed E-state index contributed by atoms with van der Waals surface area (Å²) >= 11 is 0. The highest BCUT2D eigenvalue weighted by Gasteiger charge is 1.99. The summed E-state index contributed by atoms with van der Waals surface area (Å²) in [6.07, 6.45) is 4.76. The number of nitrogens with one attached hydrogen (secondary N) is 1. The Morgan fingerprint density at radius 1 is 1.05 bits per heavy atom. The fourth-order valence-electron chi connectivity index (χ4n) is 2.03. The van der Waals surface area contributed by atoms with Crippen molar-refractivity contribution in [2.24, 2.45) is 0 Å². The number of rotatable bonds is 3. The number of carbonyl (C=O) groups excluding carboxylic acids is 1. The van der Waals surface area contributed by atoms with Gasteiger partial charge in [0.1, 0.15) is 0 Å². The molecular formula is C18H15N3O. The van der Waals surface area contributed by atoms with Crippen molar-refractivity contribution in [2.75, 3.05) is 5.32 Å². The van der Waals surface area contributed by atoms with Gasteiger partial charge in [0.25, 0.3) is 0 Å². The number of hydrogen-bond acceptors (Lipinski definition) is 3. The van der Waals surface area contributed by atoms with E-state index in [1.807, 2.05) is 55.5 Å². The number of carbonyl (C=O) groups is 1. The summed E-state index contributed by atoms with van der Waals surface area (Å²) in [6.45, 7) is 2.00. The number of amides is 1. The van der Waals surface area contributed by atoms with Crippen molar-refractivity contribution in [3.8, 4) is 0 Å². The van der Waals surface area contributed by atoms with E-state index in [1.165, 1.54) is 6.08 Å². The number of benzene rings is 2. The largest absolute Gasteiger partial charge is 0.323 e. The molecular weight excluding hydrogens is 274 g/mol. The Morgan fingerprint density at radius 3 is 2.55 bits per heavy atom. The zero-order valence-corrected chi connectivity index (χ0v) is 12.2. The number of aryl methyl sites for hydroxylation is 1. The van der Waals surface area contributed by atoms with Gasteiger partial charge in [-0.1, -0.05) is 29.8 Å². The van der Waals surface area contributed by atoms with Crippen LogP contribution < -0.4 is 5.32 Å². The number of aromatic nitrogens is 2. The van der Waals surface area contributed by atoms with Crippen LogP contribution in [0, 0.1) is 6.92 Å². The molecule has 0 atom stereocenters. The van der Waals surface area contributed by atoms with Crippen molar-refractivity contribution >= 4 is 28.7 Å². The fourth-order valence-corrected chi connectivity index (χ4v) is 2.03. The molecule has 0 fully saturated rings. The third kappa shape index (κ3) is 3.35. The molecule has 0 radical (unpaired) electrons. The minimum absolute atomic E-state index is 0.196. The van der Waals surface area contributed by atoms with Gasteiger partial charge in [0, 0.05) is 11.8 Å². The number of anilines is 1. The molecule has 3 aromatic rings. The first-order chi connectivity index (χ1) is 10.7. The third-order valence-corrected chi connectivity index (χ3v) is 3.19. The molecule has 0 unspecified atom stereocenters. The number of hydrogen-bond donors (Lipinski definition) is 1. The molecule has 4 nitrogen and oxygen atoms in total. The standard InChI is InChI=1S/C18H15N3O/c1-13-6-8-14(9-7-13)21-18(22)11-10-15-12-19-16-4-2-3-5-17(16)20-15/h2-12H,1H3,(H,21,22)/b11-10+. The van der Waals surface area contributed by atoms with E-state index >= 15 is 0 Å². The van der Waals surface area contributed by atoms with Crippen LogP contribution in [0.25, 0.3) is 17.1 Å². The Bertz CT molecular complexity index is 838. The van der Waals surface area contributed by atoms with E-state index in [2.05, 4.69) is 15.3 Å². The van der Waals surface area contributed by atoms with Gasteiger partial charge in [-0.15, -0.1) is 0 Å². The normalized spacial score (nSPS) is 11.0. The number of nitrogens with zero attached hydrogens (tertiary/aromatic N) is 2. The summed E-state index contributed by atoms with van der Waals surface area (Å²) in [7, 11) is 0. The predicted octanol–water partition coefficient (Wildman–Crippen LogP) is 3.59. The van der Waals surface area contributed by atoms with Crippen LogP contribution in [-0.4, -0.2) is 15.9 Å². The molecule has 4 heteroatoms. The van der Waals surface area contributed by atoms with Gasteiger partial charge in [0.2, 0.25) is 5.91 Å². The van der Waals surface area contributed by atoms with Gasteiger partial charge >= 0.3 is 0 Å². The molecule has 22 heavy (non-hydrogen) atoms. The van der Waals surface area contributed by atoms with Gasteiger partial charge in [0.15, 0.2) is 0 Å². The summed E-state index contributed by atoms with van der Waals surface area (Å²) in [5.74, 6) is -0.196. The minimum Gasteiger partial charge on any atom is -0.323 e. The summed E-state index contributed by atoms with van der Waals surface area (Å²) in [6, 6.07) is 15.3. The molecule has 0 spiro atoms. The van der Waals surface area contributed by atoms with Crippen LogP contribution in [0.4, 0.5) is 5.69 Å². The number of para-hydroxylation sites is 2. The second kappa shape index (κ2) is 6.18. The highest BCUT2D eigenvalue weighted by molar-refractivity contribution is 6.01. The SMILES string of the molecule is Cc1ccc(NC(=O)/C=C/c2cnc3ccccc3n2)cc1. The molecule has 2 aromatic carbocycles. The highest BCUT2D eigenvalue weighted by atomic mass is 16.1. The molecule has 0 saturated carbocycles. The summed E-state index contributed by atoms with van der Waals surface area (Å²) in [4.78, 5) is 20.6. The van der Waals surface area contributed by atoms with Crippen molar-refractivity contribution in [3.05, 3.63) is 72.1 Å². The molecule has 1 N–H and O–H groups in total. The van der Waals surface area contributed by atoms with Gasteiger partial charge in [-0.2, -0.15) is 0 Å².